The molecule has 0 fully saturated rings. The summed E-state index contributed by atoms with van der Waals surface area (Å²) >= 11 is 6.32. The number of aryl methyl sites for hydroxylation is 1. The number of hydrogen-bond donors (Lipinski definition) is 3. The summed E-state index contributed by atoms with van der Waals surface area (Å²) in [5, 5.41) is 6.24. The van der Waals surface area contributed by atoms with Gasteiger partial charge in [-0.2, -0.15) is 0 Å². The highest BCUT2D eigenvalue weighted by Crippen LogP contribution is 2.34. The molecule has 3 N–H and O–H groups in total. The van der Waals surface area contributed by atoms with E-state index >= 15 is 0 Å². The molecule has 8 nitrogen and oxygen atoms in total. The van der Waals surface area contributed by atoms with E-state index in [4.69, 9.17) is 11.6 Å². The highest BCUT2D eigenvalue weighted by atomic mass is 35.5. The maximum absolute atomic E-state index is 14.8. The molecular formula is C21H24ClFN6O2S. The van der Waals surface area contributed by atoms with Crippen molar-refractivity contribution in [3.8, 4) is 0 Å². The first-order valence-corrected chi connectivity index (χ1v) is 11.6. The Hall–Kier alpha value is -2.95. The monoisotopic (exact) mass is 478 g/mol. The van der Waals surface area contributed by atoms with E-state index in [1.165, 1.54) is 12.4 Å². The minimum atomic E-state index is -4.28. The number of anilines is 4. The molecule has 0 aliphatic rings. The second-order valence-corrected chi connectivity index (χ2v) is 9.18. The molecule has 1 aromatic heterocycles. The van der Waals surface area contributed by atoms with Crippen LogP contribution in [0.3, 0.4) is 0 Å². The fourth-order valence-corrected chi connectivity index (χ4v) is 4.23. The third-order valence-electron chi connectivity index (χ3n) is 4.60. The van der Waals surface area contributed by atoms with E-state index in [1.54, 1.807) is 6.92 Å². The summed E-state index contributed by atoms with van der Waals surface area (Å²) in [6, 6.07) is 9.60. The molecule has 0 radical (unpaired) electrons. The molecule has 0 saturated heterocycles. The third kappa shape index (κ3) is 5.64. The van der Waals surface area contributed by atoms with Gasteiger partial charge in [0, 0.05) is 38.6 Å². The molecule has 11 heteroatoms. The van der Waals surface area contributed by atoms with Crippen LogP contribution in [-0.2, 0) is 10.0 Å². The maximum atomic E-state index is 14.8. The Kier molecular flexibility index (Phi) is 7.49. The summed E-state index contributed by atoms with van der Waals surface area (Å²) in [6.45, 7) is 3.30. The van der Waals surface area contributed by atoms with Crippen LogP contribution in [0.2, 0.25) is 5.02 Å². The summed E-state index contributed by atoms with van der Waals surface area (Å²) < 4.78 is 42.3. The van der Waals surface area contributed by atoms with Crippen LogP contribution in [0.15, 0.2) is 53.7 Å². The molecule has 0 aliphatic heterocycles. The van der Waals surface area contributed by atoms with Gasteiger partial charge in [-0.25, -0.2) is 27.5 Å². The number of halogens is 2. The van der Waals surface area contributed by atoms with Crippen molar-refractivity contribution in [1.29, 1.82) is 0 Å². The number of aromatic nitrogens is 2. The summed E-state index contributed by atoms with van der Waals surface area (Å²) in [5.74, 6) is -1.12. The molecule has 2 aromatic carbocycles. The molecule has 0 unspecified atom stereocenters. The van der Waals surface area contributed by atoms with Gasteiger partial charge in [-0.15, -0.1) is 0 Å². The predicted molar refractivity (Wildman–Crippen MR) is 126 cm³/mol. The molecule has 0 atom stereocenters. The van der Waals surface area contributed by atoms with Crippen molar-refractivity contribution in [3.63, 3.8) is 0 Å². The summed E-state index contributed by atoms with van der Waals surface area (Å²) in [7, 11) is -0.468. The van der Waals surface area contributed by atoms with Crippen LogP contribution in [0, 0.1) is 12.7 Å². The van der Waals surface area contributed by atoms with Gasteiger partial charge in [0.15, 0.2) is 0 Å². The lowest BCUT2D eigenvalue weighted by atomic mass is 10.2. The Morgan fingerprint density at radius 2 is 1.81 bits per heavy atom. The van der Waals surface area contributed by atoms with E-state index in [9.17, 15) is 12.8 Å². The first-order chi connectivity index (χ1) is 15.2. The number of likely N-dealkylation sites (N-methyl/N-ethyl adjacent to an activating group) is 2. The normalized spacial score (nSPS) is 11.3. The van der Waals surface area contributed by atoms with Gasteiger partial charge in [0.05, 0.1) is 22.1 Å². The van der Waals surface area contributed by atoms with Crippen LogP contribution < -0.4 is 20.3 Å². The molecule has 0 spiro atoms. The molecule has 0 amide bonds. The number of nitrogens with one attached hydrogen (secondary N) is 3. The smallest absolute Gasteiger partial charge is 0.267 e. The first kappa shape index (κ1) is 23.7. The Bertz CT molecular complexity index is 1190. The minimum absolute atomic E-state index is 0.0456. The molecule has 1 heterocycles. The van der Waals surface area contributed by atoms with Crippen LogP contribution in [0.5, 0.6) is 0 Å². The van der Waals surface area contributed by atoms with Crippen molar-refractivity contribution in [3.05, 3.63) is 65.2 Å². The number of sulfonamides is 1. The number of rotatable bonds is 9. The zero-order valence-electron chi connectivity index (χ0n) is 17.9. The van der Waals surface area contributed by atoms with Gasteiger partial charge in [0.2, 0.25) is 5.95 Å². The molecule has 3 rings (SSSR count). The SMILES string of the molecule is CNCCN(C)c1ccccc1Nc1cc(F)c(S(=O)(=O)Nc2ncc(C)cn2)cc1Cl. The van der Waals surface area contributed by atoms with Crippen molar-refractivity contribution >= 4 is 44.6 Å². The van der Waals surface area contributed by atoms with Gasteiger partial charge < -0.3 is 15.5 Å². The van der Waals surface area contributed by atoms with Crippen molar-refractivity contribution in [2.75, 3.05) is 42.1 Å². The lowest BCUT2D eigenvalue weighted by molar-refractivity contribution is 0.570. The van der Waals surface area contributed by atoms with E-state index in [-0.39, 0.29) is 16.7 Å². The van der Waals surface area contributed by atoms with Gasteiger partial charge >= 0.3 is 0 Å². The van der Waals surface area contributed by atoms with Crippen LogP contribution in [0.4, 0.5) is 27.4 Å². The van der Waals surface area contributed by atoms with Crippen molar-refractivity contribution < 1.29 is 12.8 Å². The number of hydrogen-bond acceptors (Lipinski definition) is 7. The Morgan fingerprint density at radius 3 is 2.50 bits per heavy atom. The lowest BCUT2D eigenvalue weighted by Gasteiger charge is -2.23. The first-order valence-electron chi connectivity index (χ1n) is 9.73. The number of nitrogens with zero attached hydrogens (tertiary/aromatic N) is 3. The zero-order chi connectivity index (χ0) is 23.3. The van der Waals surface area contributed by atoms with E-state index in [1.807, 2.05) is 43.3 Å². The molecule has 3 aromatic rings. The van der Waals surface area contributed by atoms with Crippen LogP contribution >= 0.6 is 11.6 Å². The Balaban J connectivity index is 1.88. The van der Waals surface area contributed by atoms with Gasteiger partial charge in [-0.05, 0) is 37.7 Å². The fraction of sp³-hybridized carbons (Fsp3) is 0.238. The van der Waals surface area contributed by atoms with Crippen LogP contribution in [0.1, 0.15) is 5.56 Å². The van der Waals surface area contributed by atoms with Gasteiger partial charge in [0.25, 0.3) is 10.0 Å². The second-order valence-electron chi connectivity index (χ2n) is 7.12. The largest absolute Gasteiger partial charge is 0.372 e. The summed E-state index contributed by atoms with van der Waals surface area (Å²) in [6.07, 6.45) is 2.90. The zero-order valence-corrected chi connectivity index (χ0v) is 19.4. The standard InChI is InChI=1S/C21H24ClFN6O2S/c1-14-12-25-21(26-13-14)28-32(30,31)20-10-15(22)18(11-16(20)23)27-17-6-4-5-7-19(17)29(3)9-8-24-2/h4-7,10-13,24,27H,8-9H2,1-3H3,(H,25,26,28). The highest BCUT2D eigenvalue weighted by molar-refractivity contribution is 7.92. The average molecular weight is 479 g/mol. The molecule has 0 aliphatic carbocycles. The molecule has 32 heavy (non-hydrogen) atoms. The van der Waals surface area contributed by atoms with Crippen molar-refractivity contribution in [1.82, 2.24) is 15.3 Å². The molecule has 170 valence electrons. The van der Waals surface area contributed by atoms with Gasteiger partial charge in [0.1, 0.15) is 10.7 Å². The lowest BCUT2D eigenvalue weighted by Crippen LogP contribution is -2.27. The van der Waals surface area contributed by atoms with E-state index in [0.29, 0.717) is 5.69 Å². The van der Waals surface area contributed by atoms with Gasteiger partial charge in [-0.1, -0.05) is 23.7 Å². The highest BCUT2D eigenvalue weighted by Gasteiger charge is 2.23. The van der Waals surface area contributed by atoms with Crippen molar-refractivity contribution in [2.45, 2.75) is 11.8 Å². The molecular weight excluding hydrogens is 455 g/mol. The maximum Gasteiger partial charge on any atom is 0.267 e. The Labute approximate surface area is 191 Å². The number of para-hydroxylation sites is 2. The molecule has 0 saturated carbocycles. The fourth-order valence-electron chi connectivity index (χ4n) is 2.91. The third-order valence-corrected chi connectivity index (χ3v) is 6.26. The minimum Gasteiger partial charge on any atom is -0.372 e. The second kappa shape index (κ2) is 10.1. The number of benzene rings is 2. The predicted octanol–water partition coefficient (Wildman–Crippen LogP) is 3.78. The topological polar surface area (TPSA) is 99.2 Å². The van der Waals surface area contributed by atoms with Crippen LogP contribution in [-0.4, -0.2) is 45.6 Å². The van der Waals surface area contributed by atoms with E-state index in [0.717, 1.165) is 36.5 Å². The Morgan fingerprint density at radius 1 is 1.12 bits per heavy atom. The van der Waals surface area contributed by atoms with Crippen molar-refractivity contribution in [2.24, 2.45) is 0 Å². The average Bonchev–Trinajstić information content (AvgIpc) is 2.76. The quantitative estimate of drug-likeness (QED) is 0.430. The summed E-state index contributed by atoms with van der Waals surface area (Å²) in [4.78, 5) is 9.20. The van der Waals surface area contributed by atoms with Crippen LogP contribution in [0.25, 0.3) is 0 Å². The van der Waals surface area contributed by atoms with E-state index < -0.39 is 20.7 Å². The summed E-state index contributed by atoms with van der Waals surface area (Å²) in [5.41, 5.74) is 2.59. The molecule has 0 bridgehead atoms. The van der Waals surface area contributed by atoms with E-state index in [2.05, 4.69) is 25.3 Å². The van der Waals surface area contributed by atoms with Gasteiger partial charge in [-0.3, -0.25) is 0 Å².